The fraction of sp³-hybridized carbons (Fsp3) is 0.917. The zero-order valence-electron chi connectivity index (χ0n) is 19.3. The maximum absolute atomic E-state index is 12.2. The number of hydrogen-bond acceptors (Lipinski definition) is 5. The third kappa shape index (κ3) is 3.86. The topological polar surface area (TPSA) is 124 Å². The Morgan fingerprint density at radius 1 is 1.16 bits per heavy atom. The molecule has 4 rings (SSSR count). The number of fused-ring (bicyclic) bond motifs is 5. The van der Waals surface area contributed by atoms with E-state index in [1.54, 1.807) is 0 Å². The lowest BCUT2D eigenvalue weighted by Gasteiger charge is -2.63. The molecule has 4 fully saturated rings. The van der Waals surface area contributed by atoms with E-state index >= 15 is 0 Å². The molecule has 4 aliphatic carbocycles. The lowest BCUT2D eigenvalue weighted by atomic mass is 9.43. The van der Waals surface area contributed by atoms with Gasteiger partial charge in [-0.1, -0.05) is 19.0 Å². The molecule has 0 heterocycles. The fourth-order valence-electron chi connectivity index (χ4n) is 8.20. The van der Waals surface area contributed by atoms with Gasteiger partial charge in [0.25, 0.3) is 0 Å². The van der Waals surface area contributed by atoms with Gasteiger partial charge in [-0.3, -0.25) is 5.41 Å². The van der Waals surface area contributed by atoms with E-state index in [0.29, 0.717) is 36.8 Å². The van der Waals surface area contributed by atoms with E-state index in [4.69, 9.17) is 16.0 Å². The SMILES string of the molecule is C[C@]12CC[C@H](O)C[C@H]1CC[C@@H]1[C@@H]2CC[C@]2(C)[C@@H](C/C=N/OCCNC(=N)N)CC[C@]12O. The first-order chi connectivity index (χ1) is 14.7. The number of aliphatic hydroxyl groups excluding tert-OH is 1. The molecular weight excluding hydrogens is 392 g/mol. The van der Waals surface area contributed by atoms with Gasteiger partial charge in [0, 0.05) is 6.21 Å². The van der Waals surface area contributed by atoms with Crippen LogP contribution in [-0.4, -0.2) is 47.2 Å². The van der Waals surface area contributed by atoms with E-state index in [1.165, 1.54) is 6.42 Å². The van der Waals surface area contributed by atoms with Gasteiger partial charge in [0.2, 0.25) is 0 Å². The van der Waals surface area contributed by atoms with Crippen molar-refractivity contribution in [2.24, 2.45) is 45.4 Å². The second kappa shape index (κ2) is 8.54. The third-order valence-electron chi connectivity index (χ3n) is 10.1. The Morgan fingerprint density at radius 2 is 1.97 bits per heavy atom. The Kier molecular flexibility index (Phi) is 6.29. The zero-order chi connectivity index (χ0) is 22.3. The van der Waals surface area contributed by atoms with Crippen LogP contribution in [0.2, 0.25) is 0 Å². The summed E-state index contributed by atoms with van der Waals surface area (Å²) in [7, 11) is 0. The molecule has 0 spiro atoms. The van der Waals surface area contributed by atoms with Crippen molar-refractivity contribution in [3.63, 3.8) is 0 Å². The minimum absolute atomic E-state index is 0.0614. The molecule has 0 bridgehead atoms. The smallest absolute Gasteiger partial charge is 0.185 e. The summed E-state index contributed by atoms with van der Waals surface area (Å²) in [6.45, 7) is 5.63. The molecule has 7 nitrogen and oxygen atoms in total. The van der Waals surface area contributed by atoms with Gasteiger partial charge in [0.15, 0.2) is 5.96 Å². The molecule has 0 radical (unpaired) electrons. The van der Waals surface area contributed by atoms with Crippen molar-refractivity contribution in [2.75, 3.05) is 13.2 Å². The normalized spacial score (nSPS) is 46.8. The molecule has 4 saturated carbocycles. The number of nitrogens with zero attached hydrogens (tertiary/aromatic N) is 1. The van der Waals surface area contributed by atoms with Gasteiger partial charge in [-0.25, -0.2) is 0 Å². The van der Waals surface area contributed by atoms with Gasteiger partial charge < -0.3 is 26.1 Å². The van der Waals surface area contributed by atoms with Crippen molar-refractivity contribution in [3.05, 3.63) is 0 Å². The molecule has 6 N–H and O–H groups in total. The minimum atomic E-state index is -0.579. The van der Waals surface area contributed by atoms with Crippen LogP contribution in [0, 0.1) is 39.9 Å². The van der Waals surface area contributed by atoms with Gasteiger partial charge in [-0.05, 0) is 98.7 Å². The number of hydrogen-bond donors (Lipinski definition) is 5. The van der Waals surface area contributed by atoms with E-state index in [9.17, 15) is 10.2 Å². The van der Waals surface area contributed by atoms with Crippen LogP contribution < -0.4 is 11.1 Å². The summed E-state index contributed by atoms with van der Waals surface area (Å²) in [5, 5.41) is 36.3. The Hall–Kier alpha value is -1.34. The maximum Gasteiger partial charge on any atom is 0.185 e. The van der Waals surface area contributed by atoms with Gasteiger partial charge in [0.05, 0.1) is 18.2 Å². The largest absolute Gasteiger partial charge is 0.394 e. The van der Waals surface area contributed by atoms with E-state index < -0.39 is 5.60 Å². The van der Waals surface area contributed by atoms with Gasteiger partial charge in [-0.15, -0.1) is 0 Å². The molecule has 0 unspecified atom stereocenters. The first-order valence-corrected chi connectivity index (χ1v) is 12.3. The summed E-state index contributed by atoms with van der Waals surface area (Å²) in [6, 6.07) is 0. The van der Waals surface area contributed by atoms with E-state index in [2.05, 4.69) is 24.3 Å². The van der Waals surface area contributed by atoms with Gasteiger partial charge in [0.1, 0.15) is 6.61 Å². The molecule has 4 aliphatic rings. The monoisotopic (exact) mass is 434 g/mol. The summed E-state index contributed by atoms with van der Waals surface area (Å²) in [6.07, 6.45) is 12.1. The summed E-state index contributed by atoms with van der Waals surface area (Å²) in [5.41, 5.74) is 4.88. The van der Waals surface area contributed by atoms with Gasteiger partial charge >= 0.3 is 0 Å². The van der Waals surface area contributed by atoms with Gasteiger partial charge in [-0.2, -0.15) is 0 Å². The second-order valence-electron chi connectivity index (χ2n) is 11.2. The van der Waals surface area contributed by atoms with Crippen LogP contribution in [-0.2, 0) is 4.84 Å². The molecule has 8 atom stereocenters. The van der Waals surface area contributed by atoms with Crippen molar-refractivity contribution >= 4 is 12.2 Å². The predicted octanol–water partition coefficient (Wildman–Crippen LogP) is 3.00. The number of oxime groups is 1. The summed E-state index contributed by atoms with van der Waals surface area (Å²) < 4.78 is 0. The molecule has 0 aliphatic heterocycles. The van der Waals surface area contributed by atoms with E-state index in [1.807, 2.05) is 6.21 Å². The average Bonchev–Trinajstić information content (AvgIpc) is 2.99. The van der Waals surface area contributed by atoms with Crippen LogP contribution >= 0.6 is 0 Å². The van der Waals surface area contributed by atoms with Crippen molar-refractivity contribution in [1.82, 2.24) is 5.32 Å². The third-order valence-corrected chi connectivity index (χ3v) is 10.1. The Balaban J connectivity index is 1.39. The number of nitrogens with two attached hydrogens (primary N) is 1. The fourth-order valence-corrected chi connectivity index (χ4v) is 8.20. The van der Waals surface area contributed by atoms with E-state index in [-0.39, 0.29) is 22.9 Å². The highest BCUT2D eigenvalue weighted by molar-refractivity contribution is 5.74. The lowest BCUT2D eigenvalue weighted by molar-refractivity contribution is -0.209. The van der Waals surface area contributed by atoms with Crippen LogP contribution in [0.15, 0.2) is 5.16 Å². The van der Waals surface area contributed by atoms with Crippen LogP contribution in [0.4, 0.5) is 0 Å². The summed E-state index contributed by atoms with van der Waals surface area (Å²) in [4.78, 5) is 5.28. The molecule has 7 heteroatoms. The molecule has 0 aromatic rings. The van der Waals surface area contributed by atoms with E-state index in [0.717, 1.165) is 57.8 Å². The molecule has 31 heavy (non-hydrogen) atoms. The first-order valence-electron chi connectivity index (χ1n) is 12.3. The number of guanidine groups is 1. The second-order valence-corrected chi connectivity index (χ2v) is 11.2. The highest BCUT2D eigenvalue weighted by atomic mass is 16.6. The maximum atomic E-state index is 12.2. The molecule has 0 amide bonds. The zero-order valence-corrected chi connectivity index (χ0v) is 19.3. The summed E-state index contributed by atoms with van der Waals surface area (Å²) in [5.74, 6) is 1.96. The highest BCUT2D eigenvalue weighted by Crippen LogP contribution is 2.69. The number of rotatable bonds is 6. The Labute approximate surface area is 186 Å². The van der Waals surface area contributed by atoms with Crippen molar-refractivity contribution < 1.29 is 15.1 Å². The van der Waals surface area contributed by atoms with Crippen LogP contribution in [0.25, 0.3) is 0 Å². The summed E-state index contributed by atoms with van der Waals surface area (Å²) >= 11 is 0. The minimum Gasteiger partial charge on any atom is -0.394 e. The quantitative estimate of drug-likeness (QED) is 0.190. The van der Waals surface area contributed by atoms with Crippen molar-refractivity contribution in [2.45, 2.75) is 89.8 Å². The Morgan fingerprint density at radius 3 is 2.74 bits per heavy atom. The predicted molar refractivity (Wildman–Crippen MR) is 122 cm³/mol. The number of aliphatic hydroxyl groups is 2. The van der Waals surface area contributed by atoms with Crippen LogP contribution in [0.3, 0.4) is 0 Å². The van der Waals surface area contributed by atoms with Crippen molar-refractivity contribution in [1.29, 1.82) is 5.41 Å². The molecule has 0 aromatic heterocycles. The molecule has 176 valence electrons. The molecule has 0 saturated heterocycles. The number of nitrogens with one attached hydrogen (secondary N) is 2. The molecule has 0 aromatic carbocycles. The molecular formula is C24H42N4O3. The lowest BCUT2D eigenvalue weighted by Crippen LogP contribution is -2.62. The van der Waals surface area contributed by atoms with Crippen LogP contribution in [0.1, 0.15) is 78.1 Å². The van der Waals surface area contributed by atoms with Crippen LogP contribution in [0.5, 0.6) is 0 Å². The highest BCUT2D eigenvalue weighted by Gasteiger charge is 2.66. The first kappa shape index (κ1) is 22.8. The Bertz CT molecular complexity index is 702. The standard InChI is InChI=1S/C24H42N4O3/c1-22-9-6-18(29)15-17(22)3-4-20-19(22)7-10-23(2)16(5-11-24(20,23)30)8-12-28-31-14-13-27-21(25)26/h12,16-20,29-30H,3-11,13-15H2,1-2H3,(H4,25,26,27)/b28-12+/t16-,17-,18+,19+,20-,22+,23-,24+/m1/s1. The average molecular weight is 435 g/mol. The van der Waals surface area contributed by atoms with Crippen molar-refractivity contribution in [3.8, 4) is 0 Å².